The minimum Gasteiger partial charge on any atom is -0.269 e. The van der Waals surface area contributed by atoms with Crippen LogP contribution in [0.2, 0.25) is 0 Å². The van der Waals surface area contributed by atoms with Crippen LogP contribution in [0.3, 0.4) is 0 Å². The second kappa shape index (κ2) is 4.32. The Balaban J connectivity index is 2.45. The normalized spacial score (nSPS) is 18.6. The van der Waals surface area contributed by atoms with Gasteiger partial charge in [-0.1, -0.05) is 0 Å². The fourth-order valence-electron chi connectivity index (χ4n) is 1.06. The van der Waals surface area contributed by atoms with Crippen LogP contribution in [0.25, 0.3) is 0 Å². The molecular formula is C7H10N2O4S. The molecule has 0 aromatic rings. The summed E-state index contributed by atoms with van der Waals surface area (Å²) in [5, 5.41) is 1.88. The molecule has 6 nitrogen and oxygen atoms in total. The van der Waals surface area contributed by atoms with Gasteiger partial charge in [-0.2, -0.15) is 0 Å². The van der Waals surface area contributed by atoms with Crippen molar-refractivity contribution in [2.24, 2.45) is 0 Å². The highest BCUT2D eigenvalue weighted by atomic mass is 32.2. The van der Waals surface area contributed by atoms with E-state index in [-0.39, 0.29) is 6.54 Å². The Hall–Kier alpha value is -1.24. The van der Waals surface area contributed by atoms with Crippen LogP contribution in [0.15, 0.2) is 0 Å². The molecule has 1 N–H and O–H groups in total. The standard InChI is InChI=1S/C7H10N2O4S/c1-14(13)4-2-3-9-6(11)5(10)8-7(9)12/h2-4H2,1H3,(H,8,10,12). The number of hydrogen-bond donors (Lipinski definition) is 1. The number of imide groups is 2. The van der Waals surface area contributed by atoms with Crippen LogP contribution in [-0.2, 0) is 20.4 Å². The van der Waals surface area contributed by atoms with E-state index in [1.54, 1.807) is 0 Å². The Labute approximate surface area is 83.1 Å². The monoisotopic (exact) mass is 218 g/mol. The Bertz CT molecular complexity index is 315. The van der Waals surface area contributed by atoms with E-state index in [9.17, 15) is 18.6 Å². The molecule has 1 rings (SSSR count). The van der Waals surface area contributed by atoms with Crippen LogP contribution in [0.5, 0.6) is 0 Å². The van der Waals surface area contributed by atoms with Crippen molar-refractivity contribution in [2.45, 2.75) is 6.42 Å². The molecule has 7 heteroatoms. The van der Waals surface area contributed by atoms with E-state index >= 15 is 0 Å². The van der Waals surface area contributed by atoms with Crippen LogP contribution in [0, 0.1) is 0 Å². The van der Waals surface area contributed by atoms with E-state index in [0.29, 0.717) is 12.2 Å². The SMILES string of the molecule is CS(=O)CCCN1C(=O)NC(=O)C1=O. The van der Waals surface area contributed by atoms with Crippen LogP contribution >= 0.6 is 0 Å². The van der Waals surface area contributed by atoms with Crippen molar-refractivity contribution in [2.75, 3.05) is 18.6 Å². The first-order valence-electron chi connectivity index (χ1n) is 3.99. The minimum absolute atomic E-state index is 0.135. The van der Waals surface area contributed by atoms with E-state index in [2.05, 4.69) is 0 Å². The zero-order valence-corrected chi connectivity index (χ0v) is 8.43. The molecule has 1 saturated heterocycles. The van der Waals surface area contributed by atoms with Gasteiger partial charge in [0.25, 0.3) is 0 Å². The number of carbonyl (C=O) groups excluding carboxylic acids is 3. The molecule has 0 aliphatic carbocycles. The molecule has 1 aliphatic rings. The highest BCUT2D eigenvalue weighted by molar-refractivity contribution is 7.84. The first-order chi connectivity index (χ1) is 6.52. The molecule has 1 fully saturated rings. The lowest BCUT2D eigenvalue weighted by molar-refractivity contribution is -0.140. The maximum absolute atomic E-state index is 11.0. The topological polar surface area (TPSA) is 83.6 Å². The molecule has 0 spiro atoms. The number of urea groups is 1. The van der Waals surface area contributed by atoms with Crippen molar-refractivity contribution in [1.82, 2.24) is 10.2 Å². The molecule has 4 amide bonds. The van der Waals surface area contributed by atoms with E-state index < -0.39 is 28.6 Å². The molecule has 0 aromatic heterocycles. The molecule has 0 bridgehead atoms. The van der Waals surface area contributed by atoms with E-state index in [4.69, 9.17) is 0 Å². The lowest BCUT2D eigenvalue weighted by Gasteiger charge is -2.09. The molecule has 78 valence electrons. The Morgan fingerprint density at radius 3 is 2.43 bits per heavy atom. The summed E-state index contributed by atoms with van der Waals surface area (Å²) in [6, 6.07) is -0.693. The number of carbonyl (C=O) groups is 3. The maximum Gasteiger partial charge on any atom is 0.331 e. The molecule has 1 heterocycles. The Kier molecular flexibility index (Phi) is 3.34. The third kappa shape index (κ3) is 2.38. The Morgan fingerprint density at radius 1 is 1.36 bits per heavy atom. The lowest BCUT2D eigenvalue weighted by Crippen LogP contribution is -2.32. The first kappa shape index (κ1) is 10.8. The average molecular weight is 218 g/mol. The van der Waals surface area contributed by atoms with Crippen molar-refractivity contribution in [3.63, 3.8) is 0 Å². The predicted octanol–water partition coefficient (Wildman–Crippen LogP) is -1.17. The van der Waals surface area contributed by atoms with Gasteiger partial charge >= 0.3 is 17.8 Å². The van der Waals surface area contributed by atoms with Gasteiger partial charge in [-0.3, -0.25) is 24.0 Å². The van der Waals surface area contributed by atoms with Gasteiger partial charge in [0.2, 0.25) is 0 Å². The maximum atomic E-state index is 11.0. The Morgan fingerprint density at radius 2 is 2.00 bits per heavy atom. The number of amides is 4. The van der Waals surface area contributed by atoms with Gasteiger partial charge in [0, 0.05) is 29.4 Å². The summed E-state index contributed by atoms with van der Waals surface area (Å²) in [4.78, 5) is 33.5. The third-order valence-electron chi connectivity index (χ3n) is 1.72. The zero-order valence-electron chi connectivity index (χ0n) is 7.61. The van der Waals surface area contributed by atoms with Crippen molar-refractivity contribution >= 4 is 28.6 Å². The zero-order chi connectivity index (χ0) is 10.7. The van der Waals surface area contributed by atoms with Gasteiger partial charge in [0.05, 0.1) is 0 Å². The van der Waals surface area contributed by atoms with Crippen LogP contribution in [0.1, 0.15) is 6.42 Å². The number of nitrogens with one attached hydrogen (secondary N) is 1. The van der Waals surface area contributed by atoms with Crippen molar-refractivity contribution in [3.05, 3.63) is 0 Å². The molecule has 1 atom stereocenters. The smallest absolute Gasteiger partial charge is 0.269 e. The van der Waals surface area contributed by atoms with Gasteiger partial charge in [-0.05, 0) is 6.42 Å². The van der Waals surface area contributed by atoms with Crippen molar-refractivity contribution < 1.29 is 18.6 Å². The minimum atomic E-state index is -0.951. The fourth-order valence-corrected chi connectivity index (χ4v) is 1.60. The van der Waals surface area contributed by atoms with Gasteiger partial charge in [-0.25, -0.2) is 4.79 Å². The van der Waals surface area contributed by atoms with Gasteiger partial charge in [0.1, 0.15) is 0 Å². The summed E-state index contributed by atoms with van der Waals surface area (Å²) in [5.74, 6) is -1.32. The highest BCUT2D eigenvalue weighted by Crippen LogP contribution is 2.01. The quantitative estimate of drug-likeness (QED) is 0.476. The summed E-state index contributed by atoms with van der Waals surface area (Å²) in [6.07, 6.45) is 1.98. The van der Waals surface area contributed by atoms with Crippen molar-refractivity contribution in [3.8, 4) is 0 Å². The first-order valence-corrected chi connectivity index (χ1v) is 5.72. The van der Waals surface area contributed by atoms with Gasteiger partial charge in [0.15, 0.2) is 0 Å². The van der Waals surface area contributed by atoms with Crippen LogP contribution in [0.4, 0.5) is 4.79 Å². The third-order valence-corrected chi connectivity index (χ3v) is 2.58. The molecule has 1 unspecified atom stereocenters. The number of hydrogen-bond acceptors (Lipinski definition) is 4. The number of nitrogens with zero attached hydrogens (tertiary/aromatic N) is 1. The lowest BCUT2D eigenvalue weighted by atomic mass is 10.4. The molecule has 14 heavy (non-hydrogen) atoms. The summed E-state index contributed by atoms with van der Waals surface area (Å²) >= 11 is 0. The molecule has 0 radical (unpaired) electrons. The largest absolute Gasteiger partial charge is 0.331 e. The summed E-state index contributed by atoms with van der Waals surface area (Å²) in [6.45, 7) is 0.135. The molecule has 0 saturated carbocycles. The van der Waals surface area contributed by atoms with Crippen LogP contribution in [-0.4, -0.2) is 45.5 Å². The fraction of sp³-hybridized carbons (Fsp3) is 0.571. The average Bonchev–Trinajstić information content (AvgIpc) is 2.31. The second-order valence-electron chi connectivity index (χ2n) is 2.85. The molecular weight excluding hydrogens is 208 g/mol. The van der Waals surface area contributed by atoms with E-state index in [1.807, 2.05) is 5.32 Å². The molecule has 0 aromatic carbocycles. The second-order valence-corrected chi connectivity index (χ2v) is 4.40. The van der Waals surface area contributed by atoms with Crippen molar-refractivity contribution in [1.29, 1.82) is 0 Å². The highest BCUT2D eigenvalue weighted by Gasteiger charge is 2.36. The van der Waals surface area contributed by atoms with E-state index in [0.717, 1.165) is 4.90 Å². The number of rotatable bonds is 4. The summed E-state index contributed by atoms with van der Waals surface area (Å²) in [7, 11) is -0.951. The van der Waals surface area contributed by atoms with Gasteiger partial charge < -0.3 is 0 Å². The summed E-state index contributed by atoms with van der Waals surface area (Å²) < 4.78 is 10.7. The summed E-state index contributed by atoms with van der Waals surface area (Å²) in [5.41, 5.74) is 0. The predicted molar refractivity (Wildman–Crippen MR) is 48.8 cm³/mol. The van der Waals surface area contributed by atoms with E-state index in [1.165, 1.54) is 6.26 Å². The molecule has 1 aliphatic heterocycles. The van der Waals surface area contributed by atoms with Gasteiger partial charge in [-0.15, -0.1) is 0 Å². The van der Waals surface area contributed by atoms with Crippen LogP contribution < -0.4 is 5.32 Å².